The summed E-state index contributed by atoms with van der Waals surface area (Å²) >= 11 is 11.7. The fraction of sp³-hybridized carbons (Fsp3) is 0.455. The van der Waals surface area contributed by atoms with Gasteiger partial charge in [-0.05, 0) is 42.5 Å². The van der Waals surface area contributed by atoms with E-state index in [0.717, 1.165) is 18.4 Å². The molecule has 1 fully saturated rings. The molecule has 3 N–H and O–H groups in total. The molecule has 2 atom stereocenters. The van der Waals surface area contributed by atoms with Gasteiger partial charge in [0, 0.05) is 10.0 Å². The van der Waals surface area contributed by atoms with Crippen LogP contribution in [-0.2, 0) is 0 Å². The van der Waals surface area contributed by atoms with Crippen molar-refractivity contribution < 1.29 is 5.11 Å². The highest BCUT2D eigenvalue weighted by Crippen LogP contribution is 2.37. The highest BCUT2D eigenvalue weighted by molar-refractivity contribution is 6.34. The SMILES string of the molecule is N[C@H](c1cc(Cl)cc(Cl)c1)[C@@H](O)C1CC1. The molecule has 0 radical (unpaired) electrons. The summed E-state index contributed by atoms with van der Waals surface area (Å²) in [6.07, 6.45) is 1.63. The molecule has 1 aliphatic carbocycles. The summed E-state index contributed by atoms with van der Waals surface area (Å²) < 4.78 is 0. The Labute approximate surface area is 99.0 Å². The van der Waals surface area contributed by atoms with E-state index in [1.807, 2.05) is 0 Å². The third kappa shape index (κ3) is 2.64. The largest absolute Gasteiger partial charge is 0.391 e. The Kier molecular flexibility index (Phi) is 3.21. The predicted molar refractivity (Wildman–Crippen MR) is 62.1 cm³/mol. The lowest BCUT2D eigenvalue weighted by Crippen LogP contribution is -2.27. The zero-order valence-electron chi connectivity index (χ0n) is 8.16. The van der Waals surface area contributed by atoms with E-state index in [-0.39, 0.29) is 0 Å². The van der Waals surface area contributed by atoms with Crippen molar-refractivity contribution in [2.24, 2.45) is 11.7 Å². The van der Waals surface area contributed by atoms with Crippen molar-refractivity contribution in [1.82, 2.24) is 0 Å². The molecule has 2 rings (SSSR count). The molecule has 4 heteroatoms. The zero-order valence-corrected chi connectivity index (χ0v) is 9.67. The van der Waals surface area contributed by atoms with Crippen LogP contribution < -0.4 is 5.73 Å². The number of hydrogen-bond acceptors (Lipinski definition) is 2. The molecule has 0 heterocycles. The molecular weight excluding hydrogens is 233 g/mol. The number of aliphatic hydroxyl groups is 1. The van der Waals surface area contributed by atoms with Crippen LogP contribution in [0.5, 0.6) is 0 Å². The standard InChI is InChI=1S/C11H13Cl2NO/c12-8-3-7(4-9(13)5-8)10(14)11(15)6-1-2-6/h3-6,10-11,15H,1-2,14H2/t10-,11+/m1/s1. The fourth-order valence-corrected chi connectivity index (χ4v) is 2.24. The smallest absolute Gasteiger partial charge is 0.0760 e. The molecule has 2 nitrogen and oxygen atoms in total. The normalized spacial score (nSPS) is 20.0. The minimum atomic E-state index is -0.487. The maximum Gasteiger partial charge on any atom is 0.0760 e. The molecule has 0 spiro atoms. The van der Waals surface area contributed by atoms with Crippen LogP contribution in [0.4, 0.5) is 0 Å². The molecule has 0 unspecified atom stereocenters. The van der Waals surface area contributed by atoms with Gasteiger partial charge in [-0.1, -0.05) is 23.2 Å². The van der Waals surface area contributed by atoms with E-state index < -0.39 is 12.1 Å². The molecule has 0 saturated heterocycles. The molecule has 82 valence electrons. The van der Waals surface area contributed by atoms with E-state index >= 15 is 0 Å². The lowest BCUT2D eigenvalue weighted by Gasteiger charge is -2.19. The Morgan fingerprint density at radius 3 is 2.20 bits per heavy atom. The molecule has 0 aliphatic heterocycles. The van der Waals surface area contributed by atoms with Gasteiger partial charge in [-0.2, -0.15) is 0 Å². The van der Waals surface area contributed by atoms with Gasteiger partial charge in [-0.25, -0.2) is 0 Å². The Balaban J connectivity index is 2.19. The van der Waals surface area contributed by atoms with Crippen LogP contribution in [0.2, 0.25) is 10.0 Å². The third-order valence-corrected chi connectivity index (χ3v) is 3.18. The van der Waals surface area contributed by atoms with Crippen molar-refractivity contribution >= 4 is 23.2 Å². The lowest BCUT2D eigenvalue weighted by atomic mass is 9.99. The fourth-order valence-electron chi connectivity index (χ4n) is 1.70. The molecule has 1 aliphatic rings. The summed E-state index contributed by atoms with van der Waals surface area (Å²) in [7, 11) is 0. The number of rotatable bonds is 3. The molecule has 1 aromatic carbocycles. The molecule has 1 saturated carbocycles. The van der Waals surface area contributed by atoms with Gasteiger partial charge in [-0.3, -0.25) is 0 Å². The molecule has 0 bridgehead atoms. The van der Waals surface area contributed by atoms with Gasteiger partial charge < -0.3 is 10.8 Å². The minimum Gasteiger partial charge on any atom is -0.391 e. The van der Waals surface area contributed by atoms with E-state index in [0.29, 0.717) is 16.0 Å². The van der Waals surface area contributed by atoms with Crippen molar-refractivity contribution in [2.45, 2.75) is 25.0 Å². The topological polar surface area (TPSA) is 46.2 Å². The van der Waals surface area contributed by atoms with Gasteiger partial charge in [0.1, 0.15) is 0 Å². The summed E-state index contributed by atoms with van der Waals surface area (Å²) in [5.41, 5.74) is 6.75. The molecule has 1 aromatic rings. The second-order valence-corrected chi connectivity index (χ2v) is 4.93. The second-order valence-electron chi connectivity index (χ2n) is 4.06. The lowest BCUT2D eigenvalue weighted by molar-refractivity contribution is 0.122. The van der Waals surface area contributed by atoms with Crippen LogP contribution in [0, 0.1) is 5.92 Å². The van der Waals surface area contributed by atoms with Gasteiger partial charge in [0.25, 0.3) is 0 Å². The summed E-state index contributed by atoms with van der Waals surface area (Å²) in [5.74, 6) is 0.345. The quantitative estimate of drug-likeness (QED) is 0.861. The summed E-state index contributed by atoms with van der Waals surface area (Å²) in [6.45, 7) is 0. The first-order valence-corrected chi connectivity index (χ1v) is 5.73. The number of nitrogens with two attached hydrogens (primary N) is 1. The molecular formula is C11H13Cl2NO. The van der Waals surface area contributed by atoms with Gasteiger partial charge in [0.2, 0.25) is 0 Å². The molecule has 15 heavy (non-hydrogen) atoms. The van der Waals surface area contributed by atoms with E-state index in [1.165, 1.54) is 0 Å². The van der Waals surface area contributed by atoms with Gasteiger partial charge in [0.05, 0.1) is 12.1 Å². The second kappa shape index (κ2) is 4.30. The number of benzene rings is 1. The van der Waals surface area contributed by atoms with Crippen molar-refractivity contribution in [3.05, 3.63) is 33.8 Å². The van der Waals surface area contributed by atoms with Crippen molar-refractivity contribution in [1.29, 1.82) is 0 Å². The van der Waals surface area contributed by atoms with E-state index in [4.69, 9.17) is 28.9 Å². The Morgan fingerprint density at radius 1 is 1.20 bits per heavy atom. The summed E-state index contributed by atoms with van der Waals surface area (Å²) in [5, 5.41) is 11.0. The zero-order chi connectivity index (χ0) is 11.0. The minimum absolute atomic E-state index is 0.345. The van der Waals surface area contributed by atoms with Crippen molar-refractivity contribution in [3.8, 4) is 0 Å². The number of aliphatic hydroxyl groups excluding tert-OH is 1. The first-order valence-electron chi connectivity index (χ1n) is 4.97. The highest BCUT2D eigenvalue weighted by Gasteiger charge is 2.34. The molecule has 0 aromatic heterocycles. The van der Waals surface area contributed by atoms with Crippen LogP contribution in [0.15, 0.2) is 18.2 Å². The maximum absolute atomic E-state index is 9.88. The molecule has 0 amide bonds. The van der Waals surface area contributed by atoms with Crippen LogP contribution in [-0.4, -0.2) is 11.2 Å². The number of hydrogen-bond donors (Lipinski definition) is 2. The first-order chi connectivity index (χ1) is 7.08. The van der Waals surface area contributed by atoms with E-state index in [9.17, 15) is 5.11 Å². The first kappa shape index (κ1) is 11.2. The third-order valence-electron chi connectivity index (χ3n) is 2.74. The Bertz CT molecular complexity index is 345. The average molecular weight is 246 g/mol. The van der Waals surface area contributed by atoms with Crippen LogP contribution in [0.1, 0.15) is 24.4 Å². The maximum atomic E-state index is 9.88. The summed E-state index contributed by atoms with van der Waals surface area (Å²) in [6, 6.07) is 4.77. The summed E-state index contributed by atoms with van der Waals surface area (Å²) in [4.78, 5) is 0. The average Bonchev–Trinajstić information content (AvgIpc) is 2.97. The highest BCUT2D eigenvalue weighted by atomic mass is 35.5. The monoisotopic (exact) mass is 245 g/mol. The van der Waals surface area contributed by atoms with Gasteiger partial charge in [-0.15, -0.1) is 0 Å². The number of halogens is 2. The van der Waals surface area contributed by atoms with Gasteiger partial charge >= 0.3 is 0 Å². The predicted octanol–water partition coefficient (Wildman–Crippen LogP) is 2.76. The van der Waals surface area contributed by atoms with Gasteiger partial charge in [0.15, 0.2) is 0 Å². The Morgan fingerprint density at radius 2 is 1.73 bits per heavy atom. The van der Waals surface area contributed by atoms with Crippen LogP contribution >= 0.6 is 23.2 Å². The van der Waals surface area contributed by atoms with Crippen molar-refractivity contribution in [2.75, 3.05) is 0 Å². The van der Waals surface area contributed by atoms with Crippen LogP contribution in [0.3, 0.4) is 0 Å². The Hall–Kier alpha value is -0.280. The van der Waals surface area contributed by atoms with E-state index in [2.05, 4.69) is 0 Å². The van der Waals surface area contributed by atoms with Crippen LogP contribution in [0.25, 0.3) is 0 Å². The van der Waals surface area contributed by atoms with Crippen molar-refractivity contribution in [3.63, 3.8) is 0 Å². The van der Waals surface area contributed by atoms with E-state index in [1.54, 1.807) is 18.2 Å².